The molecule has 96 valence electrons. The molecule has 4 nitrogen and oxygen atoms in total. The molecule has 2 aromatic rings. The van der Waals surface area contributed by atoms with Crippen LogP contribution in [0.3, 0.4) is 0 Å². The van der Waals surface area contributed by atoms with E-state index in [1.54, 1.807) is 7.11 Å². The van der Waals surface area contributed by atoms with Crippen LogP contribution in [0.25, 0.3) is 11.1 Å². The average molecular weight is 246 g/mol. The van der Waals surface area contributed by atoms with Crippen LogP contribution in [0.4, 0.5) is 5.88 Å². The summed E-state index contributed by atoms with van der Waals surface area (Å²) in [5.74, 6) is 1.13. The zero-order valence-corrected chi connectivity index (χ0v) is 11.0. The van der Waals surface area contributed by atoms with Gasteiger partial charge in [0.2, 0.25) is 5.88 Å². The van der Waals surface area contributed by atoms with Gasteiger partial charge in [-0.1, -0.05) is 25.1 Å². The largest absolute Gasteiger partial charge is 0.496 e. The zero-order chi connectivity index (χ0) is 13.1. The molecular weight excluding hydrogens is 228 g/mol. The van der Waals surface area contributed by atoms with Gasteiger partial charge in [-0.15, -0.1) is 0 Å². The van der Waals surface area contributed by atoms with Crippen molar-refractivity contribution >= 4 is 5.88 Å². The lowest BCUT2D eigenvalue weighted by atomic mass is 10.00. The normalized spacial score (nSPS) is 10.6. The number of nitrogens with two attached hydrogens (primary N) is 1. The summed E-state index contributed by atoms with van der Waals surface area (Å²) in [6.45, 7) is 4.14. The lowest BCUT2D eigenvalue weighted by molar-refractivity contribution is 0.416. The number of ether oxygens (including phenoxy) is 1. The van der Waals surface area contributed by atoms with Crippen LogP contribution in [-0.4, -0.2) is 12.3 Å². The summed E-state index contributed by atoms with van der Waals surface area (Å²) in [5.41, 5.74) is 9.77. The van der Waals surface area contributed by atoms with E-state index in [9.17, 15) is 0 Å². The van der Waals surface area contributed by atoms with Gasteiger partial charge in [-0.25, -0.2) is 0 Å². The van der Waals surface area contributed by atoms with Crippen molar-refractivity contribution in [3.8, 4) is 16.9 Å². The minimum absolute atomic E-state index is 0.346. The summed E-state index contributed by atoms with van der Waals surface area (Å²) in [6, 6.07) is 6.10. The van der Waals surface area contributed by atoms with Gasteiger partial charge < -0.3 is 15.0 Å². The SMILES string of the molecule is CCc1ccc(OC)c(-c2c(CC)noc2N)c1. The number of benzene rings is 1. The predicted molar refractivity (Wildman–Crippen MR) is 71.7 cm³/mol. The highest BCUT2D eigenvalue weighted by Gasteiger charge is 2.18. The second kappa shape index (κ2) is 5.12. The molecule has 1 heterocycles. The number of nitrogen functional groups attached to an aromatic ring is 1. The zero-order valence-electron chi connectivity index (χ0n) is 11.0. The van der Waals surface area contributed by atoms with Gasteiger partial charge in [-0.2, -0.15) is 0 Å². The summed E-state index contributed by atoms with van der Waals surface area (Å²) in [5, 5.41) is 3.99. The fourth-order valence-electron chi connectivity index (χ4n) is 2.04. The van der Waals surface area contributed by atoms with Crippen LogP contribution in [0.2, 0.25) is 0 Å². The molecule has 0 aliphatic rings. The fourth-order valence-corrected chi connectivity index (χ4v) is 2.04. The first-order chi connectivity index (χ1) is 8.71. The molecule has 0 aliphatic carbocycles. The fraction of sp³-hybridized carbons (Fsp3) is 0.357. The van der Waals surface area contributed by atoms with Crippen LogP contribution < -0.4 is 10.5 Å². The summed E-state index contributed by atoms with van der Waals surface area (Å²) >= 11 is 0. The van der Waals surface area contributed by atoms with Crippen molar-refractivity contribution in [3.05, 3.63) is 29.5 Å². The summed E-state index contributed by atoms with van der Waals surface area (Å²) in [4.78, 5) is 0. The Morgan fingerprint density at radius 1 is 1.28 bits per heavy atom. The van der Waals surface area contributed by atoms with Gasteiger partial charge >= 0.3 is 0 Å². The monoisotopic (exact) mass is 246 g/mol. The maximum atomic E-state index is 5.88. The van der Waals surface area contributed by atoms with Crippen LogP contribution in [0.5, 0.6) is 5.75 Å². The Hall–Kier alpha value is -1.97. The van der Waals surface area contributed by atoms with E-state index in [0.29, 0.717) is 5.88 Å². The molecule has 0 fully saturated rings. The van der Waals surface area contributed by atoms with Crippen molar-refractivity contribution in [2.24, 2.45) is 0 Å². The molecule has 0 unspecified atom stereocenters. The molecule has 0 atom stereocenters. The van der Waals surface area contributed by atoms with Gasteiger partial charge in [0.25, 0.3) is 0 Å². The summed E-state index contributed by atoms with van der Waals surface area (Å²) in [7, 11) is 1.65. The molecule has 2 N–H and O–H groups in total. The van der Waals surface area contributed by atoms with E-state index in [-0.39, 0.29) is 0 Å². The van der Waals surface area contributed by atoms with Crippen LogP contribution in [0.1, 0.15) is 25.1 Å². The van der Waals surface area contributed by atoms with E-state index in [2.05, 4.69) is 24.2 Å². The Kier molecular flexibility index (Phi) is 3.55. The van der Waals surface area contributed by atoms with Gasteiger partial charge in [0.1, 0.15) is 5.75 Å². The number of anilines is 1. The smallest absolute Gasteiger partial charge is 0.230 e. The van der Waals surface area contributed by atoms with Gasteiger partial charge in [-0.3, -0.25) is 0 Å². The van der Waals surface area contributed by atoms with Gasteiger partial charge in [-0.05, 0) is 30.5 Å². The van der Waals surface area contributed by atoms with Crippen LogP contribution in [0.15, 0.2) is 22.7 Å². The maximum Gasteiger partial charge on any atom is 0.230 e. The van der Waals surface area contributed by atoms with Crippen molar-refractivity contribution in [3.63, 3.8) is 0 Å². The number of hydrogen-bond donors (Lipinski definition) is 1. The average Bonchev–Trinajstić information content (AvgIpc) is 2.78. The Morgan fingerprint density at radius 2 is 2.06 bits per heavy atom. The van der Waals surface area contributed by atoms with Gasteiger partial charge in [0, 0.05) is 5.56 Å². The Balaban J connectivity index is 2.64. The highest BCUT2D eigenvalue weighted by Crippen LogP contribution is 2.37. The second-order valence-corrected chi connectivity index (χ2v) is 4.11. The molecule has 0 saturated carbocycles. The molecule has 0 radical (unpaired) electrons. The van der Waals surface area contributed by atoms with Crippen molar-refractivity contribution in [2.75, 3.05) is 12.8 Å². The molecular formula is C14H18N2O2. The molecule has 0 aliphatic heterocycles. The highest BCUT2D eigenvalue weighted by molar-refractivity contribution is 5.80. The summed E-state index contributed by atoms with van der Waals surface area (Å²) in [6.07, 6.45) is 1.74. The highest BCUT2D eigenvalue weighted by atomic mass is 16.5. The van der Waals surface area contributed by atoms with Gasteiger partial charge in [0.05, 0.1) is 18.4 Å². The van der Waals surface area contributed by atoms with Crippen LogP contribution in [0, 0.1) is 0 Å². The number of hydrogen-bond acceptors (Lipinski definition) is 4. The first-order valence-electron chi connectivity index (χ1n) is 6.12. The van der Waals surface area contributed by atoms with Crippen molar-refractivity contribution in [1.29, 1.82) is 0 Å². The van der Waals surface area contributed by atoms with Crippen LogP contribution >= 0.6 is 0 Å². The predicted octanol–water partition coefficient (Wildman–Crippen LogP) is 3.06. The quantitative estimate of drug-likeness (QED) is 0.900. The number of aryl methyl sites for hydroxylation is 2. The number of methoxy groups -OCH3 is 1. The molecule has 4 heteroatoms. The Bertz CT molecular complexity index is 547. The minimum Gasteiger partial charge on any atom is -0.496 e. The molecule has 1 aromatic carbocycles. The lowest BCUT2D eigenvalue weighted by Crippen LogP contribution is -1.95. The van der Waals surface area contributed by atoms with E-state index < -0.39 is 0 Å². The minimum atomic E-state index is 0.346. The first kappa shape index (κ1) is 12.5. The molecule has 0 saturated heterocycles. The number of rotatable bonds is 4. The van der Waals surface area contributed by atoms with Gasteiger partial charge in [0.15, 0.2) is 0 Å². The second-order valence-electron chi connectivity index (χ2n) is 4.11. The van der Waals surface area contributed by atoms with E-state index in [1.807, 2.05) is 13.0 Å². The van der Waals surface area contributed by atoms with E-state index >= 15 is 0 Å². The molecule has 18 heavy (non-hydrogen) atoms. The third kappa shape index (κ3) is 2.06. The lowest BCUT2D eigenvalue weighted by Gasteiger charge is -2.10. The van der Waals surface area contributed by atoms with E-state index in [4.69, 9.17) is 15.0 Å². The third-order valence-electron chi connectivity index (χ3n) is 3.07. The first-order valence-corrected chi connectivity index (χ1v) is 6.12. The third-order valence-corrected chi connectivity index (χ3v) is 3.07. The summed E-state index contributed by atoms with van der Waals surface area (Å²) < 4.78 is 10.5. The molecule has 0 amide bonds. The standard InChI is InChI=1S/C14H18N2O2/c1-4-9-6-7-12(17-3)10(8-9)13-11(5-2)16-18-14(13)15/h6-8H,4-5,15H2,1-3H3. The van der Waals surface area contributed by atoms with Crippen molar-refractivity contribution in [1.82, 2.24) is 5.16 Å². The Morgan fingerprint density at radius 3 is 2.67 bits per heavy atom. The van der Waals surface area contributed by atoms with Crippen molar-refractivity contribution < 1.29 is 9.26 Å². The topological polar surface area (TPSA) is 61.3 Å². The molecule has 1 aromatic heterocycles. The molecule has 2 rings (SSSR count). The number of nitrogens with zero attached hydrogens (tertiary/aromatic N) is 1. The van der Waals surface area contributed by atoms with Crippen LogP contribution in [-0.2, 0) is 12.8 Å². The van der Waals surface area contributed by atoms with E-state index in [0.717, 1.165) is 35.4 Å². The Labute approximate surface area is 107 Å². The maximum absolute atomic E-state index is 5.88. The molecule has 0 spiro atoms. The van der Waals surface area contributed by atoms with Crippen molar-refractivity contribution in [2.45, 2.75) is 26.7 Å². The number of aromatic nitrogens is 1. The molecule has 0 bridgehead atoms. The van der Waals surface area contributed by atoms with E-state index in [1.165, 1.54) is 5.56 Å².